The molecule has 6 atom stereocenters. The molecule has 16 nitrogen and oxygen atoms in total. The summed E-state index contributed by atoms with van der Waals surface area (Å²) in [6, 6.07) is 75.0. The second-order valence-corrected chi connectivity index (χ2v) is 37.0. The number of anilines is 7. The summed E-state index contributed by atoms with van der Waals surface area (Å²) >= 11 is 74.8. The van der Waals surface area contributed by atoms with Gasteiger partial charge in [0.25, 0.3) is 0 Å². The van der Waals surface area contributed by atoms with Crippen LogP contribution in [-0.4, -0.2) is 128 Å². The van der Waals surface area contributed by atoms with Crippen LogP contribution in [0.4, 0.5) is 76.6 Å². The molecule has 0 radical (unpaired) electrons. The van der Waals surface area contributed by atoms with Crippen LogP contribution in [0.3, 0.4) is 0 Å². The third-order valence-corrected chi connectivity index (χ3v) is 26.2. The van der Waals surface area contributed by atoms with Crippen molar-refractivity contribution in [3.8, 4) is 0 Å². The molecule has 12 aromatic rings. The van der Waals surface area contributed by atoms with Gasteiger partial charge in [-0.25, -0.2) is 36.7 Å². The predicted octanol–water partition coefficient (Wildman–Crippen LogP) is 28.7. The lowest BCUT2D eigenvalue weighted by atomic mass is 10.0. The molecule has 0 aromatic heterocycles. The Hall–Kier alpha value is -9.88. The van der Waals surface area contributed by atoms with E-state index in [0.29, 0.717) is 151 Å². The van der Waals surface area contributed by atoms with Crippen LogP contribution in [0.2, 0.25) is 60.3 Å². The molecule has 32 heteroatoms. The lowest BCUT2D eigenvalue weighted by molar-refractivity contribution is 0.184. The number of nitrogens with one attached hydrogen (secondary N) is 4. The zero-order valence-corrected chi connectivity index (χ0v) is 78.9. The van der Waals surface area contributed by atoms with Crippen LogP contribution in [-0.2, 0) is 0 Å². The molecule has 5 aliphatic rings. The van der Waals surface area contributed by atoms with Crippen molar-refractivity contribution in [3.63, 3.8) is 0 Å². The van der Waals surface area contributed by atoms with Crippen molar-refractivity contribution in [2.45, 2.75) is 62.3 Å². The summed E-state index contributed by atoms with van der Waals surface area (Å²) in [7, 11) is 0. The number of carbonyl (C=O) groups excluding carboxylic acids is 4. The predicted molar refractivity (Wildman–Crippen MR) is 525 cm³/mol. The van der Waals surface area contributed by atoms with Crippen LogP contribution in [0.15, 0.2) is 261 Å². The minimum atomic E-state index is -1.02. The SMILES string of the molecule is CC(C)c1ccc(NC(=O)N2CCN(c3ccc(Cl)cc3Cl)C(c3ccc(Cl)cc3)C2)cc1.O=C(N[C@@H]1C[C@H]1c1ccccc1)N1CCN(c2ccc(Cl)cc2Cl)C(c2ccc(Cl)cc2)C1.O=C(Nc1cc(F)cc(F)c1)N1CCN(c2ccc(Cl)cc2Cl)C(c2ccc(Cl)cc2)C1.O=C(Nc1ccc(F)c(F)c1)N1CCN(c2ccc(Cl)cc2Cl)C(c2ccc(Cl)cc2)C1. The number of amides is 8. The van der Waals surface area contributed by atoms with E-state index < -0.39 is 35.3 Å². The van der Waals surface area contributed by atoms with E-state index in [1.54, 1.807) is 70.5 Å². The Morgan fingerprint density at radius 2 is 0.608 bits per heavy atom. The molecule has 1 aliphatic carbocycles. The number of nitrogens with zero attached hydrogens (tertiary/aromatic N) is 8. The van der Waals surface area contributed by atoms with Gasteiger partial charge in [0, 0.05) is 160 Å². The van der Waals surface area contributed by atoms with Crippen LogP contribution < -0.4 is 40.9 Å². The molecule has 1 saturated carbocycles. The van der Waals surface area contributed by atoms with Gasteiger partial charge in [0.1, 0.15) is 11.6 Å². The molecule has 0 bridgehead atoms. The molecule has 130 heavy (non-hydrogen) atoms. The van der Waals surface area contributed by atoms with Gasteiger partial charge >= 0.3 is 24.1 Å². The largest absolute Gasteiger partial charge is 0.360 e. The van der Waals surface area contributed by atoms with E-state index in [-0.39, 0.29) is 53.6 Å². The number of carbonyl (C=O) groups is 4. The van der Waals surface area contributed by atoms with Gasteiger partial charge < -0.3 is 60.5 Å². The minimum Gasteiger partial charge on any atom is -0.360 e. The molecule has 4 saturated heterocycles. The Labute approximate surface area is 812 Å². The van der Waals surface area contributed by atoms with E-state index in [2.05, 4.69) is 79.0 Å². The molecule has 4 aliphatic heterocycles. The van der Waals surface area contributed by atoms with Crippen LogP contribution >= 0.6 is 139 Å². The highest BCUT2D eigenvalue weighted by Crippen LogP contribution is 2.45. The van der Waals surface area contributed by atoms with E-state index in [9.17, 15) is 36.7 Å². The molecule has 5 fully saturated rings. The first-order valence-corrected chi connectivity index (χ1v) is 46.1. The van der Waals surface area contributed by atoms with Gasteiger partial charge in [-0.15, -0.1) is 0 Å². The summed E-state index contributed by atoms with van der Waals surface area (Å²) in [5.41, 5.74) is 11.0. The number of rotatable bonds is 14. The van der Waals surface area contributed by atoms with E-state index >= 15 is 0 Å². The van der Waals surface area contributed by atoms with Gasteiger partial charge in [-0.1, -0.05) is 244 Å². The third-order valence-electron chi connectivity index (χ3n) is 23.0. The van der Waals surface area contributed by atoms with Crippen molar-refractivity contribution >= 4 is 203 Å². The zero-order chi connectivity index (χ0) is 92.1. The maximum absolute atomic E-state index is 13.5. The quantitative estimate of drug-likeness (QED) is 0.0789. The summed E-state index contributed by atoms with van der Waals surface area (Å²) in [5.74, 6) is -2.68. The molecular formula is C98H86Cl12F4N12O4. The van der Waals surface area contributed by atoms with E-state index in [0.717, 1.165) is 87.4 Å². The Kier molecular flexibility index (Phi) is 32.6. The van der Waals surface area contributed by atoms with E-state index in [4.69, 9.17) is 139 Å². The fourth-order valence-corrected chi connectivity index (χ4v) is 18.8. The number of halogens is 16. The Balaban J connectivity index is 0.000000140. The Bertz CT molecular complexity index is 5980. The molecular weight excluding hydrogens is 1910 g/mol. The molecule has 4 N–H and O–H groups in total. The third kappa shape index (κ3) is 24.9. The Morgan fingerprint density at radius 1 is 0.300 bits per heavy atom. The van der Waals surface area contributed by atoms with Crippen LogP contribution in [0, 0.1) is 23.3 Å². The van der Waals surface area contributed by atoms with Crippen molar-refractivity contribution in [2.75, 3.05) is 114 Å². The first-order valence-electron chi connectivity index (χ1n) is 41.6. The van der Waals surface area contributed by atoms with Gasteiger partial charge in [-0.05, 0) is 203 Å². The molecule has 12 aromatic carbocycles. The second-order valence-electron chi connectivity index (χ2n) is 31.9. The van der Waals surface area contributed by atoms with Crippen molar-refractivity contribution in [1.29, 1.82) is 0 Å². The Morgan fingerprint density at radius 3 is 0.931 bits per heavy atom. The van der Waals surface area contributed by atoms with Crippen molar-refractivity contribution in [1.82, 2.24) is 24.9 Å². The lowest BCUT2D eigenvalue weighted by Crippen LogP contribution is -2.53. The molecule has 4 unspecified atom stereocenters. The molecule has 4 heterocycles. The van der Waals surface area contributed by atoms with Gasteiger partial charge in [-0.3, -0.25) is 0 Å². The summed E-state index contributed by atoms with van der Waals surface area (Å²) in [4.78, 5) is 67.6. The lowest BCUT2D eigenvalue weighted by Gasteiger charge is -2.43. The highest BCUT2D eigenvalue weighted by Gasteiger charge is 2.42. The first-order chi connectivity index (χ1) is 62.4. The number of hydrogen-bond acceptors (Lipinski definition) is 8. The van der Waals surface area contributed by atoms with Gasteiger partial charge in [0.05, 0.1) is 67.0 Å². The van der Waals surface area contributed by atoms with Gasteiger partial charge in [0.2, 0.25) is 0 Å². The maximum Gasteiger partial charge on any atom is 0.321 e. The maximum atomic E-state index is 13.5. The van der Waals surface area contributed by atoms with Crippen LogP contribution in [0.25, 0.3) is 0 Å². The molecule has 8 amide bonds. The monoisotopic (exact) mass is 1990 g/mol. The van der Waals surface area contributed by atoms with Crippen molar-refractivity contribution < 1.29 is 36.7 Å². The van der Waals surface area contributed by atoms with Crippen LogP contribution in [0.5, 0.6) is 0 Å². The topological polar surface area (TPSA) is 142 Å². The van der Waals surface area contributed by atoms with Gasteiger partial charge in [0.15, 0.2) is 11.6 Å². The summed E-state index contributed by atoms with van der Waals surface area (Å²) < 4.78 is 53.7. The van der Waals surface area contributed by atoms with Crippen molar-refractivity contribution in [2.24, 2.45) is 0 Å². The molecule has 17 rings (SSSR count). The summed E-state index contributed by atoms with van der Waals surface area (Å²) in [6.07, 6.45) is 0.983. The normalized spacial score (nSPS) is 17.7. The second kappa shape index (κ2) is 44.1. The number of urea groups is 4. The fraction of sp³-hybridized carbons (Fsp3) is 0.224. The highest BCUT2D eigenvalue weighted by atomic mass is 35.5. The van der Waals surface area contributed by atoms with Crippen LogP contribution in [0.1, 0.15) is 89.7 Å². The average Bonchev–Trinajstić information content (AvgIpc) is 1.69. The van der Waals surface area contributed by atoms with Crippen molar-refractivity contribution in [3.05, 3.63) is 378 Å². The minimum absolute atomic E-state index is 0.0146. The number of hydrogen-bond donors (Lipinski definition) is 4. The molecule has 0 spiro atoms. The van der Waals surface area contributed by atoms with Gasteiger partial charge in [-0.2, -0.15) is 0 Å². The molecule has 674 valence electrons. The zero-order valence-electron chi connectivity index (χ0n) is 69.8. The smallest absolute Gasteiger partial charge is 0.321 e. The van der Waals surface area contributed by atoms with E-state index in [1.165, 1.54) is 17.2 Å². The average molecular weight is 2000 g/mol. The summed E-state index contributed by atoms with van der Waals surface area (Å²) in [5, 5.41) is 18.5. The standard InChI is InChI=1S/C26H24Cl3N3O.C26H26Cl3N3O.2C23H18Cl3F2N3O/c27-19-8-6-18(7-9-19)25-16-31(12-13-32(25)24-11-10-20(28)14-22(24)29)26(33)30-23-15-21(23)17-4-2-1-3-5-17;1-17(2)18-5-10-22(11-6-18)30-26(33)31-13-14-32(24-12-9-21(28)15-23(24)29)25(16-31)19-3-7-20(27)8-4-19;24-15-3-1-14(2-4-15)22-13-30(23(32)29-17-6-7-19(27)20(28)12-17)9-10-31(22)21-8-5-16(25)11-18(21)26;24-15-3-1-14(2-4-15)22-13-30(23(32)29-19-11-17(27)10-18(28)12-19)7-8-31(22)21-6-5-16(25)9-20(21)26/h1-11,14,21,23,25H,12-13,15-16H2,(H,30,33);3-12,15,17,25H,13-14,16H2,1-2H3,(H,30,33);1-8,11-12,22H,9-10,13H2,(H,29,32);1-6,9-12,22H,7-8,13H2,(H,29,32)/t21-,23+,25?;;;/m0.../s1. The fourth-order valence-electron chi connectivity index (χ4n) is 16.2. The first kappa shape index (κ1) is 96.2. The highest BCUT2D eigenvalue weighted by molar-refractivity contribution is 6.38. The summed E-state index contributed by atoms with van der Waals surface area (Å²) in [6.45, 7) is 10.3. The van der Waals surface area contributed by atoms with E-state index in [1.807, 2.05) is 149 Å². The number of piperazine rings is 4. The number of benzene rings is 12.